The fourth-order valence-electron chi connectivity index (χ4n) is 3.39. The molecule has 3 rings (SSSR count). The quantitative estimate of drug-likeness (QED) is 0.806. The van der Waals surface area contributed by atoms with E-state index < -0.39 is 0 Å². The molecule has 1 saturated heterocycles. The number of halogens is 3. The third-order valence-electron chi connectivity index (χ3n) is 4.83. The molecular formula is C20H20Cl2FNO2. The van der Waals surface area contributed by atoms with Gasteiger partial charge in [0.1, 0.15) is 5.82 Å². The molecule has 3 nitrogen and oxygen atoms in total. The van der Waals surface area contributed by atoms with Crippen molar-refractivity contribution < 1.29 is 13.9 Å². The summed E-state index contributed by atoms with van der Waals surface area (Å²) in [6.45, 7) is 1.67. The SMILES string of the molecule is O=C(Cc1cccc(F)c1)NCC1(c2ccc(Cl)cc2Cl)CCOCC1. The number of ether oxygens (including phenoxy) is 1. The van der Waals surface area contributed by atoms with Crippen molar-refractivity contribution in [2.75, 3.05) is 19.8 Å². The lowest BCUT2D eigenvalue weighted by Crippen LogP contribution is -2.45. The molecule has 0 bridgehead atoms. The van der Waals surface area contributed by atoms with E-state index in [0.717, 1.165) is 18.4 Å². The summed E-state index contributed by atoms with van der Waals surface area (Å²) in [4.78, 5) is 12.4. The van der Waals surface area contributed by atoms with E-state index >= 15 is 0 Å². The predicted octanol–water partition coefficient (Wildman–Crippen LogP) is 4.54. The Kier molecular flexibility index (Phi) is 6.17. The number of hydrogen-bond acceptors (Lipinski definition) is 2. The smallest absolute Gasteiger partial charge is 0.224 e. The Morgan fingerprint density at radius 1 is 1.15 bits per heavy atom. The minimum atomic E-state index is -0.343. The zero-order chi connectivity index (χ0) is 18.6. The van der Waals surface area contributed by atoms with Gasteiger partial charge in [0.25, 0.3) is 0 Å². The van der Waals surface area contributed by atoms with Crippen LogP contribution in [0.25, 0.3) is 0 Å². The van der Waals surface area contributed by atoms with E-state index in [4.69, 9.17) is 27.9 Å². The van der Waals surface area contributed by atoms with Crippen LogP contribution in [-0.4, -0.2) is 25.7 Å². The summed E-state index contributed by atoms with van der Waals surface area (Å²) in [5, 5.41) is 4.17. The largest absolute Gasteiger partial charge is 0.381 e. The summed E-state index contributed by atoms with van der Waals surface area (Å²) >= 11 is 12.5. The number of rotatable bonds is 5. The monoisotopic (exact) mass is 395 g/mol. The first-order valence-corrected chi connectivity index (χ1v) is 9.29. The van der Waals surface area contributed by atoms with Gasteiger partial charge >= 0.3 is 0 Å². The molecule has 138 valence electrons. The molecular weight excluding hydrogens is 376 g/mol. The van der Waals surface area contributed by atoms with Crippen LogP contribution in [0, 0.1) is 5.82 Å². The van der Waals surface area contributed by atoms with Crippen molar-refractivity contribution in [1.29, 1.82) is 0 Å². The molecule has 0 atom stereocenters. The van der Waals surface area contributed by atoms with Crippen LogP contribution in [0.5, 0.6) is 0 Å². The van der Waals surface area contributed by atoms with Gasteiger partial charge in [-0.1, -0.05) is 41.4 Å². The summed E-state index contributed by atoms with van der Waals surface area (Å²) < 4.78 is 18.8. The van der Waals surface area contributed by atoms with E-state index in [1.807, 2.05) is 12.1 Å². The summed E-state index contributed by atoms with van der Waals surface area (Å²) in [6.07, 6.45) is 1.65. The van der Waals surface area contributed by atoms with Gasteiger partial charge in [0.2, 0.25) is 5.91 Å². The van der Waals surface area contributed by atoms with Crippen LogP contribution in [0.15, 0.2) is 42.5 Å². The average molecular weight is 396 g/mol. The number of amides is 1. The van der Waals surface area contributed by atoms with E-state index in [2.05, 4.69) is 5.32 Å². The summed E-state index contributed by atoms with van der Waals surface area (Å²) in [5.41, 5.74) is 1.32. The van der Waals surface area contributed by atoms with Crippen molar-refractivity contribution >= 4 is 29.1 Å². The second-order valence-corrected chi connectivity index (χ2v) is 7.44. The Morgan fingerprint density at radius 3 is 2.62 bits per heavy atom. The van der Waals surface area contributed by atoms with Crippen molar-refractivity contribution in [1.82, 2.24) is 5.32 Å². The molecule has 0 radical (unpaired) electrons. The molecule has 1 amide bonds. The van der Waals surface area contributed by atoms with Gasteiger partial charge in [-0.15, -0.1) is 0 Å². The maximum atomic E-state index is 13.3. The third kappa shape index (κ3) is 4.56. The molecule has 0 unspecified atom stereocenters. The van der Waals surface area contributed by atoms with Crippen LogP contribution >= 0.6 is 23.2 Å². The minimum Gasteiger partial charge on any atom is -0.381 e. The Balaban J connectivity index is 1.73. The third-order valence-corrected chi connectivity index (χ3v) is 5.38. The molecule has 26 heavy (non-hydrogen) atoms. The summed E-state index contributed by atoms with van der Waals surface area (Å²) in [6, 6.07) is 11.5. The Morgan fingerprint density at radius 2 is 1.92 bits per heavy atom. The molecule has 1 fully saturated rings. The van der Waals surface area contributed by atoms with E-state index in [1.54, 1.807) is 18.2 Å². The van der Waals surface area contributed by atoms with Gasteiger partial charge in [-0.2, -0.15) is 0 Å². The highest BCUT2D eigenvalue weighted by molar-refractivity contribution is 6.35. The molecule has 0 spiro atoms. The van der Waals surface area contributed by atoms with Gasteiger partial charge in [0.15, 0.2) is 0 Å². The molecule has 2 aromatic carbocycles. The van der Waals surface area contributed by atoms with E-state index in [-0.39, 0.29) is 23.6 Å². The van der Waals surface area contributed by atoms with Gasteiger partial charge in [-0.3, -0.25) is 4.79 Å². The van der Waals surface area contributed by atoms with E-state index in [1.165, 1.54) is 12.1 Å². The predicted molar refractivity (Wildman–Crippen MR) is 101 cm³/mol. The summed E-state index contributed by atoms with van der Waals surface area (Å²) in [7, 11) is 0. The first-order valence-electron chi connectivity index (χ1n) is 8.53. The van der Waals surface area contributed by atoms with Gasteiger partial charge in [0.05, 0.1) is 6.42 Å². The van der Waals surface area contributed by atoms with Crippen molar-refractivity contribution in [3.8, 4) is 0 Å². The lowest BCUT2D eigenvalue weighted by atomic mass is 9.74. The normalized spacial score (nSPS) is 16.3. The standard InChI is InChI=1S/C20H20Cl2FNO2/c21-15-4-5-17(18(22)12-15)20(6-8-26-9-7-20)13-24-19(25)11-14-2-1-3-16(23)10-14/h1-5,10,12H,6-9,11,13H2,(H,24,25). The zero-order valence-corrected chi connectivity index (χ0v) is 15.7. The Bertz CT molecular complexity index is 791. The van der Waals surface area contributed by atoms with E-state index in [0.29, 0.717) is 35.4 Å². The highest BCUT2D eigenvalue weighted by Gasteiger charge is 2.36. The number of hydrogen-bond donors (Lipinski definition) is 1. The maximum Gasteiger partial charge on any atom is 0.224 e. The molecule has 0 aliphatic carbocycles. The molecule has 1 N–H and O–H groups in total. The van der Waals surface area contributed by atoms with Gasteiger partial charge < -0.3 is 10.1 Å². The minimum absolute atomic E-state index is 0.138. The van der Waals surface area contributed by atoms with Crippen LogP contribution in [0.2, 0.25) is 10.0 Å². The number of benzene rings is 2. The van der Waals surface area contributed by atoms with Gasteiger partial charge in [-0.25, -0.2) is 4.39 Å². The second-order valence-electron chi connectivity index (χ2n) is 6.60. The lowest BCUT2D eigenvalue weighted by molar-refractivity contribution is -0.120. The molecule has 1 heterocycles. The molecule has 2 aromatic rings. The summed E-state index contributed by atoms with van der Waals surface area (Å²) in [5.74, 6) is -0.490. The van der Waals surface area contributed by atoms with Crippen molar-refractivity contribution in [3.63, 3.8) is 0 Å². The fourth-order valence-corrected chi connectivity index (χ4v) is 3.99. The molecule has 1 aliphatic heterocycles. The Hall–Kier alpha value is -1.62. The molecule has 1 aliphatic rings. The first-order chi connectivity index (χ1) is 12.5. The highest BCUT2D eigenvalue weighted by Crippen LogP contribution is 2.39. The number of carbonyl (C=O) groups is 1. The number of carbonyl (C=O) groups excluding carboxylic acids is 1. The van der Waals surface area contributed by atoms with Crippen LogP contribution in [0.1, 0.15) is 24.0 Å². The molecule has 6 heteroatoms. The molecule has 0 saturated carbocycles. The van der Waals surface area contributed by atoms with Crippen molar-refractivity contribution in [2.45, 2.75) is 24.7 Å². The Labute approximate surface area is 162 Å². The van der Waals surface area contributed by atoms with E-state index in [9.17, 15) is 9.18 Å². The second kappa shape index (κ2) is 8.38. The highest BCUT2D eigenvalue weighted by atomic mass is 35.5. The number of nitrogens with one attached hydrogen (secondary N) is 1. The van der Waals surface area contributed by atoms with Gasteiger partial charge in [-0.05, 0) is 48.2 Å². The van der Waals surface area contributed by atoms with Crippen molar-refractivity contribution in [2.24, 2.45) is 0 Å². The van der Waals surface area contributed by atoms with Crippen molar-refractivity contribution in [3.05, 3.63) is 69.5 Å². The van der Waals surface area contributed by atoms with Gasteiger partial charge in [0, 0.05) is 35.2 Å². The van der Waals surface area contributed by atoms with Crippen LogP contribution in [-0.2, 0) is 21.4 Å². The van der Waals surface area contributed by atoms with Crippen LogP contribution in [0.4, 0.5) is 4.39 Å². The van der Waals surface area contributed by atoms with Crippen LogP contribution < -0.4 is 5.32 Å². The molecule has 0 aromatic heterocycles. The van der Waals surface area contributed by atoms with Crippen LogP contribution in [0.3, 0.4) is 0 Å². The topological polar surface area (TPSA) is 38.3 Å². The fraction of sp³-hybridized carbons (Fsp3) is 0.350. The zero-order valence-electron chi connectivity index (χ0n) is 14.2. The maximum absolute atomic E-state index is 13.3. The first kappa shape index (κ1) is 19.2. The average Bonchev–Trinajstić information content (AvgIpc) is 2.61. The lowest BCUT2D eigenvalue weighted by Gasteiger charge is -2.38.